The molecule has 5 nitrogen and oxygen atoms in total. The van der Waals surface area contributed by atoms with Crippen LogP contribution in [0.1, 0.15) is 24.5 Å². The van der Waals surface area contributed by atoms with Crippen molar-refractivity contribution in [1.82, 2.24) is 10.2 Å². The summed E-state index contributed by atoms with van der Waals surface area (Å²) < 4.78 is 48.2. The molecule has 0 aromatic heterocycles. The number of benzene rings is 1. The van der Waals surface area contributed by atoms with Crippen molar-refractivity contribution in [2.24, 2.45) is 4.99 Å². The van der Waals surface area contributed by atoms with Crippen LogP contribution in [0.2, 0.25) is 0 Å². The van der Waals surface area contributed by atoms with Crippen molar-refractivity contribution >= 4 is 5.96 Å². The third-order valence-corrected chi connectivity index (χ3v) is 3.54. The first-order valence-corrected chi connectivity index (χ1v) is 8.60. The van der Waals surface area contributed by atoms with Crippen molar-refractivity contribution in [3.8, 4) is 0 Å². The highest BCUT2D eigenvalue weighted by Crippen LogP contribution is 2.29. The summed E-state index contributed by atoms with van der Waals surface area (Å²) in [6.45, 7) is 5.49. The fourth-order valence-corrected chi connectivity index (χ4v) is 2.21. The highest BCUT2D eigenvalue weighted by molar-refractivity contribution is 5.79. The second-order valence-electron chi connectivity index (χ2n) is 5.75. The molecule has 0 fully saturated rings. The van der Waals surface area contributed by atoms with Gasteiger partial charge in [-0.1, -0.05) is 12.1 Å². The van der Waals surface area contributed by atoms with Gasteiger partial charge in [0.2, 0.25) is 0 Å². The van der Waals surface area contributed by atoms with Gasteiger partial charge in [0.15, 0.2) is 5.96 Å². The molecular formula is C18H28F3N3O2. The number of hydrogen-bond donors (Lipinski definition) is 1. The van der Waals surface area contributed by atoms with E-state index in [1.165, 1.54) is 12.1 Å². The number of aliphatic imine (C=N–C) groups is 1. The quantitative estimate of drug-likeness (QED) is 0.388. The Kier molecular flexibility index (Phi) is 10.0. The number of alkyl halides is 3. The van der Waals surface area contributed by atoms with E-state index in [1.54, 1.807) is 7.11 Å². The molecule has 0 saturated carbocycles. The van der Waals surface area contributed by atoms with E-state index < -0.39 is 11.7 Å². The van der Waals surface area contributed by atoms with Gasteiger partial charge in [-0.25, -0.2) is 0 Å². The third kappa shape index (κ3) is 8.53. The van der Waals surface area contributed by atoms with E-state index in [9.17, 15) is 13.2 Å². The number of halogens is 3. The van der Waals surface area contributed by atoms with Crippen molar-refractivity contribution < 1.29 is 22.6 Å². The molecule has 1 aromatic carbocycles. The van der Waals surface area contributed by atoms with Crippen molar-refractivity contribution in [2.45, 2.75) is 26.1 Å². The molecule has 1 N–H and O–H groups in total. The number of nitrogens with one attached hydrogen (secondary N) is 1. The van der Waals surface area contributed by atoms with Crippen molar-refractivity contribution in [1.29, 1.82) is 0 Å². The maximum absolute atomic E-state index is 12.6. The number of methoxy groups -OCH3 is 1. The molecule has 0 heterocycles. The molecular weight excluding hydrogens is 347 g/mol. The lowest BCUT2D eigenvalue weighted by atomic mass is 10.1. The van der Waals surface area contributed by atoms with Crippen LogP contribution in [0.15, 0.2) is 29.3 Å². The zero-order chi connectivity index (χ0) is 19.4. The lowest BCUT2D eigenvalue weighted by Crippen LogP contribution is -2.38. The van der Waals surface area contributed by atoms with Gasteiger partial charge in [-0.15, -0.1) is 0 Å². The Hall–Kier alpha value is -1.80. The zero-order valence-electron chi connectivity index (χ0n) is 15.6. The van der Waals surface area contributed by atoms with Crippen LogP contribution < -0.4 is 5.32 Å². The molecule has 0 unspecified atom stereocenters. The topological polar surface area (TPSA) is 46.1 Å². The van der Waals surface area contributed by atoms with Gasteiger partial charge in [-0.2, -0.15) is 13.2 Å². The maximum Gasteiger partial charge on any atom is 0.416 e. The summed E-state index contributed by atoms with van der Waals surface area (Å²) in [4.78, 5) is 6.41. The monoisotopic (exact) mass is 375 g/mol. The van der Waals surface area contributed by atoms with Gasteiger partial charge in [0.25, 0.3) is 0 Å². The molecule has 0 bridgehead atoms. The fourth-order valence-electron chi connectivity index (χ4n) is 2.21. The molecule has 148 valence electrons. The van der Waals surface area contributed by atoms with Crippen LogP contribution in [0, 0.1) is 0 Å². The first kappa shape index (κ1) is 22.2. The van der Waals surface area contributed by atoms with Crippen LogP contribution in [-0.2, 0) is 22.2 Å². The third-order valence-electron chi connectivity index (χ3n) is 3.54. The van der Waals surface area contributed by atoms with Crippen LogP contribution in [-0.4, -0.2) is 57.9 Å². The normalized spacial score (nSPS) is 12.3. The molecule has 0 aliphatic heterocycles. The van der Waals surface area contributed by atoms with E-state index in [0.717, 1.165) is 24.1 Å². The predicted octanol–water partition coefficient (Wildman–Crippen LogP) is 3.16. The second kappa shape index (κ2) is 11.7. The molecule has 26 heavy (non-hydrogen) atoms. The maximum atomic E-state index is 12.6. The smallest absolute Gasteiger partial charge is 0.382 e. The number of nitrogens with zero attached hydrogens (tertiary/aromatic N) is 2. The Balaban J connectivity index is 2.53. The van der Waals surface area contributed by atoms with E-state index >= 15 is 0 Å². The van der Waals surface area contributed by atoms with E-state index in [1.807, 2.05) is 18.9 Å². The number of hydrogen-bond acceptors (Lipinski definition) is 3. The summed E-state index contributed by atoms with van der Waals surface area (Å²) in [5.74, 6) is 0.712. The molecule has 0 aliphatic rings. The number of rotatable bonds is 10. The van der Waals surface area contributed by atoms with Crippen molar-refractivity contribution in [3.63, 3.8) is 0 Å². The van der Waals surface area contributed by atoms with Crippen LogP contribution in [0.25, 0.3) is 0 Å². The Morgan fingerprint density at radius 1 is 1.15 bits per heavy atom. The molecule has 8 heteroatoms. The highest BCUT2D eigenvalue weighted by atomic mass is 19.4. The number of ether oxygens (including phenoxy) is 2. The van der Waals surface area contributed by atoms with Gasteiger partial charge in [0.05, 0.1) is 18.8 Å². The fraction of sp³-hybridized carbons (Fsp3) is 0.611. The summed E-state index contributed by atoms with van der Waals surface area (Å²) >= 11 is 0. The van der Waals surface area contributed by atoms with Gasteiger partial charge in [-0.05, 0) is 31.0 Å². The van der Waals surface area contributed by atoms with E-state index in [0.29, 0.717) is 45.4 Å². The van der Waals surface area contributed by atoms with Gasteiger partial charge < -0.3 is 19.7 Å². The molecule has 0 spiro atoms. The molecule has 1 rings (SSSR count). The predicted molar refractivity (Wildman–Crippen MR) is 96.2 cm³/mol. The van der Waals surface area contributed by atoms with Crippen LogP contribution in [0.3, 0.4) is 0 Å². The molecule has 0 atom stereocenters. The minimum atomic E-state index is -4.31. The first-order valence-electron chi connectivity index (χ1n) is 8.60. The summed E-state index contributed by atoms with van der Waals surface area (Å²) in [6, 6.07) is 5.19. The molecule has 0 amide bonds. The Bertz CT molecular complexity index is 533. The van der Waals surface area contributed by atoms with Gasteiger partial charge in [-0.3, -0.25) is 4.99 Å². The highest BCUT2D eigenvalue weighted by Gasteiger charge is 2.29. The zero-order valence-corrected chi connectivity index (χ0v) is 15.6. The van der Waals surface area contributed by atoms with E-state index in [4.69, 9.17) is 9.47 Å². The Morgan fingerprint density at radius 2 is 1.85 bits per heavy atom. The van der Waals surface area contributed by atoms with Gasteiger partial charge in [0.1, 0.15) is 0 Å². The average molecular weight is 375 g/mol. The minimum absolute atomic E-state index is 0.467. The molecule has 0 radical (unpaired) electrons. The van der Waals surface area contributed by atoms with Crippen molar-refractivity contribution in [3.05, 3.63) is 35.4 Å². The van der Waals surface area contributed by atoms with E-state index in [2.05, 4.69) is 10.3 Å². The standard InChI is InChI=1S/C18H28F3N3O2/c1-4-22-17(23-10-5-11-26-13-12-25-3)24(2)14-15-6-8-16(9-7-15)18(19,20)21/h6-9H,4-5,10-14H2,1-3H3,(H,22,23). The van der Waals surface area contributed by atoms with Crippen LogP contribution in [0.5, 0.6) is 0 Å². The minimum Gasteiger partial charge on any atom is -0.382 e. The SMILES string of the molecule is CCNC(=NCCCOCCOC)N(C)Cc1ccc(C(F)(F)F)cc1. The first-order chi connectivity index (χ1) is 12.4. The van der Waals surface area contributed by atoms with Gasteiger partial charge in [0, 0.05) is 40.4 Å². The Morgan fingerprint density at radius 3 is 2.42 bits per heavy atom. The molecule has 1 aromatic rings. The van der Waals surface area contributed by atoms with E-state index in [-0.39, 0.29) is 0 Å². The Labute approximate surface area is 153 Å². The number of guanidine groups is 1. The molecule has 0 saturated heterocycles. The summed E-state index contributed by atoms with van der Waals surface area (Å²) in [5, 5.41) is 3.18. The largest absolute Gasteiger partial charge is 0.416 e. The second-order valence-corrected chi connectivity index (χ2v) is 5.75. The molecule has 0 aliphatic carbocycles. The summed E-state index contributed by atoms with van der Waals surface area (Å²) in [6.07, 6.45) is -3.53. The van der Waals surface area contributed by atoms with Crippen LogP contribution in [0.4, 0.5) is 13.2 Å². The summed E-state index contributed by atoms with van der Waals surface area (Å²) in [7, 11) is 3.48. The summed E-state index contributed by atoms with van der Waals surface area (Å²) in [5.41, 5.74) is 0.145. The van der Waals surface area contributed by atoms with Crippen LogP contribution >= 0.6 is 0 Å². The lowest BCUT2D eigenvalue weighted by Gasteiger charge is -2.22. The average Bonchev–Trinajstić information content (AvgIpc) is 2.59. The lowest BCUT2D eigenvalue weighted by molar-refractivity contribution is -0.137. The van der Waals surface area contributed by atoms with Gasteiger partial charge >= 0.3 is 6.18 Å². The van der Waals surface area contributed by atoms with Crippen molar-refractivity contribution in [2.75, 3.05) is 47.1 Å².